The van der Waals surface area contributed by atoms with Crippen molar-refractivity contribution < 1.29 is 4.79 Å². The van der Waals surface area contributed by atoms with Crippen molar-refractivity contribution >= 4 is 6.29 Å². The summed E-state index contributed by atoms with van der Waals surface area (Å²) in [5.74, 6) is 0. The molecule has 0 unspecified atom stereocenters. The van der Waals surface area contributed by atoms with Gasteiger partial charge in [0.05, 0.1) is 6.54 Å². The van der Waals surface area contributed by atoms with E-state index in [1.165, 1.54) is 16.7 Å². The van der Waals surface area contributed by atoms with Crippen LogP contribution in [-0.2, 0) is 11.3 Å². The standard InChI is InChI=1S/C11H15NO/c1-9-3-4-11(7-10(9)2)8-12-5-6-13/h3-4,6-7,12H,5,8H2,1-2H3. The molecular formula is C11H15NO. The van der Waals surface area contributed by atoms with Crippen LogP contribution < -0.4 is 5.32 Å². The highest BCUT2D eigenvalue weighted by Gasteiger charge is 1.95. The minimum atomic E-state index is 0.424. The predicted molar refractivity (Wildman–Crippen MR) is 53.7 cm³/mol. The average molecular weight is 177 g/mol. The monoisotopic (exact) mass is 177 g/mol. The van der Waals surface area contributed by atoms with Crippen LogP contribution in [0.3, 0.4) is 0 Å². The number of carbonyl (C=O) groups is 1. The molecule has 0 spiro atoms. The highest BCUT2D eigenvalue weighted by Crippen LogP contribution is 2.09. The summed E-state index contributed by atoms with van der Waals surface area (Å²) in [6.45, 7) is 5.38. The molecule has 1 N–H and O–H groups in total. The van der Waals surface area contributed by atoms with Gasteiger partial charge in [0.1, 0.15) is 6.29 Å². The molecule has 0 bridgehead atoms. The Bertz CT molecular complexity index is 294. The first kappa shape index (κ1) is 9.93. The van der Waals surface area contributed by atoms with Crippen LogP contribution in [0, 0.1) is 13.8 Å². The molecule has 0 aliphatic heterocycles. The molecule has 70 valence electrons. The van der Waals surface area contributed by atoms with Gasteiger partial charge in [0.15, 0.2) is 0 Å². The zero-order chi connectivity index (χ0) is 9.68. The number of benzene rings is 1. The lowest BCUT2D eigenvalue weighted by atomic mass is 10.1. The SMILES string of the molecule is Cc1ccc(CNCC=O)cc1C. The minimum absolute atomic E-state index is 0.424. The Hall–Kier alpha value is -1.15. The predicted octanol–water partition coefficient (Wildman–Crippen LogP) is 1.59. The Balaban J connectivity index is 2.57. The third-order valence-corrected chi connectivity index (χ3v) is 2.13. The lowest BCUT2D eigenvalue weighted by Gasteiger charge is -2.04. The van der Waals surface area contributed by atoms with Crippen molar-refractivity contribution in [2.24, 2.45) is 0 Å². The van der Waals surface area contributed by atoms with Crippen LogP contribution in [0.25, 0.3) is 0 Å². The topological polar surface area (TPSA) is 29.1 Å². The molecule has 0 radical (unpaired) electrons. The first-order valence-corrected chi connectivity index (χ1v) is 4.44. The van der Waals surface area contributed by atoms with Crippen molar-refractivity contribution in [2.75, 3.05) is 6.54 Å². The van der Waals surface area contributed by atoms with Crippen molar-refractivity contribution in [1.82, 2.24) is 5.32 Å². The van der Waals surface area contributed by atoms with Gasteiger partial charge in [-0.1, -0.05) is 18.2 Å². The van der Waals surface area contributed by atoms with Gasteiger partial charge in [0.2, 0.25) is 0 Å². The van der Waals surface area contributed by atoms with Crippen molar-refractivity contribution in [1.29, 1.82) is 0 Å². The zero-order valence-corrected chi connectivity index (χ0v) is 8.13. The summed E-state index contributed by atoms with van der Waals surface area (Å²) in [5, 5.41) is 3.03. The van der Waals surface area contributed by atoms with E-state index < -0.39 is 0 Å². The summed E-state index contributed by atoms with van der Waals surface area (Å²) in [4.78, 5) is 10.1. The Kier molecular flexibility index (Phi) is 3.65. The molecule has 2 heteroatoms. The van der Waals surface area contributed by atoms with E-state index in [1.807, 2.05) is 0 Å². The molecule has 0 aromatic heterocycles. The molecule has 0 amide bonds. The van der Waals surface area contributed by atoms with Crippen molar-refractivity contribution in [2.45, 2.75) is 20.4 Å². The van der Waals surface area contributed by atoms with Crippen LogP contribution in [0.5, 0.6) is 0 Å². The smallest absolute Gasteiger partial charge is 0.133 e. The number of rotatable bonds is 4. The molecule has 0 aliphatic carbocycles. The van der Waals surface area contributed by atoms with Crippen LogP contribution in [0.4, 0.5) is 0 Å². The molecule has 2 nitrogen and oxygen atoms in total. The van der Waals surface area contributed by atoms with Gasteiger partial charge in [-0.25, -0.2) is 0 Å². The fourth-order valence-electron chi connectivity index (χ4n) is 1.19. The Morgan fingerprint density at radius 2 is 2.08 bits per heavy atom. The number of hydrogen-bond donors (Lipinski definition) is 1. The molecule has 0 heterocycles. The minimum Gasteiger partial charge on any atom is -0.306 e. The molecule has 1 aromatic rings. The largest absolute Gasteiger partial charge is 0.306 e. The maximum Gasteiger partial charge on any atom is 0.133 e. The van der Waals surface area contributed by atoms with E-state index in [-0.39, 0.29) is 0 Å². The average Bonchev–Trinajstić information content (AvgIpc) is 2.12. The molecule has 0 atom stereocenters. The fourth-order valence-corrected chi connectivity index (χ4v) is 1.19. The highest BCUT2D eigenvalue weighted by molar-refractivity contribution is 5.51. The van der Waals surface area contributed by atoms with E-state index in [0.717, 1.165) is 12.8 Å². The van der Waals surface area contributed by atoms with Crippen LogP contribution in [0.2, 0.25) is 0 Å². The summed E-state index contributed by atoms with van der Waals surface area (Å²) in [5.41, 5.74) is 3.83. The summed E-state index contributed by atoms with van der Waals surface area (Å²) >= 11 is 0. The number of aryl methyl sites for hydroxylation is 2. The van der Waals surface area contributed by atoms with E-state index in [4.69, 9.17) is 0 Å². The van der Waals surface area contributed by atoms with Gasteiger partial charge in [-0.15, -0.1) is 0 Å². The van der Waals surface area contributed by atoms with E-state index >= 15 is 0 Å². The zero-order valence-electron chi connectivity index (χ0n) is 8.13. The van der Waals surface area contributed by atoms with E-state index in [1.54, 1.807) is 0 Å². The van der Waals surface area contributed by atoms with Gasteiger partial charge in [-0.05, 0) is 30.5 Å². The van der Waals surface area contributed by atoms with Gasteiger partial charge < -0.3 is 10.1 Å². The van der Waals surface area contributed by atoms with Crippen LogP contribution in [-0.4, -0.2) is 12.8 Å². The Morgan fingerprint density at radius 3 is 2.69 bits per heavy atom. The lowest BCUT2D eigenvalue weighted by molar-refractivity contribution is -0.107. The number of aldehydes is 1. The first-order chi connectivity index (χ1) is 6.24. The summed E-state index contributed by atoms with van der Waals surface area (Å²) in [6, 6.07) is 6.33. The maximum atomic E-state index is 10.1. The van der Waals surface area contributed by atoms with Crippen molar-refractivity contribution in [3.05, 3.63) is 34.9 Å². The fraction of sp³-hybridized carbons (Fsp3) is 0.364. The van der Waals surface area contributed by atoms with Gasteiger partial charge in [-0.3, -0.25) is 0 Å². The third-order valence-electron chi connectivity index (χ3n) is 2.13. The molecule has 0 saturated carbocycles. The van der Waals surface area contributed by atoms with Crippen LogP contribution in [0.1, 0.15) is 16.7 Å². The summed E-state index contributed by atoms with van der Waals surface area (Å²) in [6.07, 6.45) is 0.876. The normalized spacial score (nSPS) is 10.0. The summed E-state index contributed by atoms with van der Waals surface area (Å²) < 4.78 is 0. The molecule has 1 aromatic carbocycles. The molecular weight excluding hydrogens is 162 g/mol. The quantitative estimate of drug-likeness (QED) is 0.559. The number of nitrogens with one attached hydrogen (secondary N) is 1. The first-order valence-electron chi connectivity index (χ1n) is 4.44. The Labute approximate surface area is 79.0 Å². The van der Waals surface area contributed by atoms with Crippen LogP contribution in [0.15, 0.2) is 18.2 Å². The number of hydrogen-bond acceptors (Lipinski definition) is 2. The maximum absolute atomic E-state index is 10.1. The lowest BCUT2D eigenvalue weighted by Crippen LogP contribution is -2.15. The summed E-state index contributed by atoms with van der Waals surface area (Å²) in [7, 11) is 0. The van der Waals surface area contributed by atoms with Crippen LogP contribution >= 0.6 is 0 Å². The molecule has 13 heavy (non-hydrogen) atoms. The molecule has 0 aliphatic rings. The Morgan fingerprint density at radius 1 is 1.31 bits per heavy atom. The molecule has 0 saturated heterocycles. The van der Waals surface area contributed by atoms with Crippen molar-refractivity contribution in [3.8, 4) is 0 Å². The number of carbonyl (C=O) groups excluding carboxylic acids is 1. The van der Waals surface area contributed by atoms with Gasteiger partial charge >= 0.3 is 0 Å². The second kappa shape index (κ2) is 4.77. The van der Waals surface area contributed by atoms with E-state index in [0.29, 0.717) is 6.54 Å². The highest BCUT2D eigenvalue weighted by atomic mass is 16.1. The second-order valence-corrected chi connectivity index (χ2v) is 3.22. The van der Waals surface area contributed by atoms with E-state index in [9.17, 15) is 4.79 Å². The van der Waals surface area contributed by atoms with Crippen molar-refractivity contribution in [3.63, 3.8) is 0 Å². The molecule has 1 rings (SSSR count). The third kappa shape index (κ3) is 2.99. The second-order valence-electron chi connectivity index (χ2n) is 3.22. The van der Waals surface area contributed by atoms with Gasteiger partial charge in [0.25, 0.3) is 0 Å². The van der Waals surface area contributed by atoms with Gasteiger partial charge in [0, 0.05) is 6.54 Å². The van der Waals surface area contributed by atoms with E-state index in [2.05, 4.69) is 37.4 Å². The van der Waals surface area contributed by atoms with Gasteiger partial charge in [-0.2, -0.15) is 0 Å². The molecule has 0 fully saturated rings.